The van der Waals surface area contributed by atoms with Crippen molar-refractivity contribution in [1.82, 2.24) is 20.7 Å². The van der Waals surface area contributed by atoms with Crippen LogP contribution >= 0.6 is 11.6 Å². The molecule has 1 saturated carbocycles. The molecule has 1 aromatic carbocycles. The van der Waals surface area contributed by atoms with Crippen molar-refractivity contribution in [1.29, 1.82) is 0 Å². The molecule has 1 aliphatic carbocycles. The van der Waals surface area contributed by atoms with Crippen LogP contribution in [0.2, 0.25) is 5.02 Å². The summed E-state index contributed by atoms with van der Waals surface area (Å²) in [6.07, 6.45) is 6.86. The molecule has 0 saturated heterocycles. The third-order valence-corrected chi connectivity index (χ3v) is 7.59. The number of urea groups is 1. The lowest BCUT2D eigenvalue weighted by Gasteiger charge is -2.25. The predicted molar refractivity (Wildman–Crippen MR) is 131 cm³/mol. The number of amides is 3. The van der Waals surface area contributed by atoms with E-state index in [1.165, 1.54) is 6.42 Å². The summed E-state index contributed by atoms with van der Waals surface area (Å²) >= 11 is 5.83. The minimum absolute atomic E-state index is 0.142. The SMILES string of the molecule is CC(C)C[C@H](NC(=O)NC1CCCCC1)C(=O)NCCCCNS(=O)(=O)c1ccc(F)cc1Cl. The highest BCUT2D eigenvalue weighted by Crippen LogP contribution is 2.22. The van der Waals surface area contributed by atoms with Gasteiger partial charge in [-0.15, -0.1) is 0 Å². The van der Waals surface area contributed by atoms with E-state index in [0.717, 1.165) is 43.9 Å². The number of hydrogen-bond acceptors (Lipinski definition) is 4. The van der Waals surface area contributed by atoms with Crippen LogP contribution in [0.25, 0.3) is 0 Å². The molecule has 0 bridgehead atoms. The van der Waals surface area contributed by atoms with Gasteiger partial charge < -0.3 is 16.0 Å². The van der Waals surface area contributed by atoms with Gasteiger partial charge in [0.05, 0.1) is 5.02 Å². The molecule has 0 unspecified atom stereocenters. The number of halogens is 2. The van der Waals surface area contributed by atoms with E-state index in [9.17, 15) is 22.4 Å². The molecule has 0 spiro atoms. The first-order valence-electron chi connectivity index (χ1n) is 11.9. The maximum atomic E-state index is 13.1. The van der Waals surface area contributed by atoms with E-state index in [1.807, 2.05) is 13.8 Å². The summed E-state index contributed by atoms with van der Waals surface area (Å²) in [6, 6.07) is 2.30. The zero-order valence-electron chi connectivity index (χ0n) is 19.8. The molecule has 34 heavy (non-hydrogen) atoms. The molecule has 4 N–H and O–H groups in total. The third kappa shape index (κ3) is 9.76. The molecule has 192 valence electrons. The molecule has 0 heterocycles. The lowest BCUT2D eigenvalue weighted by Crippen LogP contribution is -2.52. The van der Waals surface area contributed by atoms with Crippen LogP contribution in [0.1, 0.15) is 65.2 Å². The van der Waals surface area contributed by atoms with Gasteiger partial charge >= 0.3 is 6.03 Å². The summed E-state index contributed by atoms with van der Waals surface area (Å²) in [4.78, 5) is 24.8. The van der Waals surface area contributed by atoms with E-state index in [-0.39, 0.29) is 40.4 Å². The second kappa shape index (κ2) is 13.8. The fraction of sp³-hybridized carbons (Fsp3) is 0.652. The van der Waals surface area contributed by atoms with Gasteiger partial charge in [-0.25, -0.2) is 22.3 Å². The second-order valence-electron chi connectivity index (χ2n) is 9.11. The van der Waals surface area contributed by atoms with Gasteiger partial charge in [0.15, 0.2) is 0 Å². The normalized spacial score (nSPS) is 15.7. The van der Waals surface area contributed by atoms with Gasteiger partial charge in [0.25, 0.3) is 0 Å². The monoisotopic (exact) mass is 518 g/mol. The van der Waals surface area contributed by atoms with E-state index in [4.69, 9.17) is 11.6 Å². The summed E-state index contributed by atoms with van der Waals surface area (Å²) in [6.45, 7) is 4.46. The van der Waals surface area contributed by atoms with Crippen molar-refractivity contribution in [3.05, 3.63) is 29.0 Å². The van der Waals surface area contributed by atoms with Gasteiger partial charge in [0.2, 0.25) is 15.9 Å². The van der Waals surface area contributed by atoms with E-state index in [1.54, 1.807) is 0 Å². The van der Waals surface area contributed by atoms with Crippen molar-refractivity contribution < 1.29 is 22.4 Å². The number of carbonyl (C=O) groups is 2. The Bertz CT molecular complexity index is 924. The molecule has 1 atom stereocenters. The Labute approximate surface area is 206 Å². The topological polar surface area (TPSA) is 116 Å². The van der Waals surface area contributed by atoms with Crippen LogP contribution in [-0.4, -0.2) is 45.5 Å². The van der Waals surface area contributed by atoms with Crippen molar-refractivity contribution in [2.45, 2.75) is 82.2 Å². The van der Waals surface area contributed by atoms with Crippen molar-refractivity contribution in [3.8, 4) is 0 Å². The van der Waals surface area contributed by atoms with Crippen LogP contribution in [0.5, 0.6) is 0 Å². The van der Waals surface area contributed by atoms with Crippen molar-refractivity contribution in [2.75, 3.05) is 13.1 Å². The largest absolute Gasteiger partial charge is 0.354 e. The lowest BCUT2D eigenvalue weighted by atomic mass is 9.96. The van der Waals surface area contributed by atoms with Gasteiger partial charge in [0.1, 0.15) is 16.8 Å². The van der Waals surface area contributed by atoms with Crippen molar-refractivity contribution >= 4 is 33.6 Å². The Morgan fingerprint density at radius 2 is 1.79 bits per heavy atom. The molecular weight excluding hydrogens is 483 g/mol. The number of nitrogens with one attached hydrogen (secondary N) is 4. The predicted octanol–water partition coefficient (Wildman–Crippen LogP) is 3.70. The molecule has 0 aromatic heterocycles. The molecular formula is C23H36ClFN4O4S. The molecule has 8 nitrogen and oxygen atoms in total. The fourth-order valence-corrected chi connectivity index (χ4v) is 5.50. The summed E-state index contributed by atoms with van der Waals surface area (Å²) < 4.78 is 40.2. The van der Waals surface area contributed by atoms with Crippen molar-refractivity contribution in [2.24, 2.45) is 5.92 Å². The average molecular weight is 519 g/mol. The zero-order chi connectivity index (χ0) is 25.1. The molecule has 1 fully saturated rings. The molecule has 0 radical (unpaired) electrons. The Kier molecular flexibility index (Phi) is 11.5. The minimum atomic E-state index is -3.85. The first kappa shape index (κ1) is 28.3. The number of rotatable bonds is 12. The number of unbranched alkanes of at least 4 members (excludes halogenated alkanes) is 1. The highest BCUT2D eigenvalue weighted by Gasteiger charge is 2.23. The van der Waals surface area contributed by atoms with Crippen LogP contribution in [0.4, 0.5) is 9.18 Å². The summed E-state index contributed by atoms with van der Waals surface area (Å²) in [5, 5.41) is 8.41. The smallest absolute Gasteiger partial charge is 0.315 e. The summed E-state index contributed by atoms with van der Waals surface area (Å²) in [5.74, 6) is -0.652. The maximum absolute atomic E-state index is 13.1. The van der Waals surface area contributed by atoms with Crippen LogP contribution in [0, 0.1) is 11.7 Å². The highest BCUT2D eigenvalue weighted by atomic mass is 35.5. The molecule has 11 heteroatoms. The van der Waals surface area contributed by atoms with Crippen LogP contribution in [-0.2, 0) is 14.8 Å². The molecule has 0 aliphatic heterocycles. The average Bonchev–Trinajstić information content (AvgIpc) is 2.75. The summed E-state index contributed by atoms with van der Waals surface area (Å²) in [5.41, 5.74) is 0. The Balaban J connectivity index is 1.73. The van der Waals surface area contributed by atoms with Gasteiger partial charge in [0, 0.05) is 19.1 Å². The number of sulfonamides is 1. The number of hydrogen-bond donors (Lipinski definition) is 4. The van der Waals surface area contributed by atoms with Gasteiger partial charge in [-0.2, -0.15) is 0 Å². The molecule has 1 aliphatic rings. The Morgan fingerprint density at radius 1 is 1.12 bits per heavy atom. The minimum Gasteiger partial charge on any atom is -0.354 e. The van der Waals surface area contributed by atoms with Crippen molar-refractivity contribution in [3.63, 3.8) is 0 Å². The Hall–Kier alpha value is -1.91. The first-order valence-corrected chi connectivity index (χ1v) is 13.7. The summed E-state index contributed by atoms with van der Waals surface area (Å²) in [7, 11) is -3.85. The van der Waals surface area contributed by atoms with E-state index < -0.39 is 21.9 Å². The number of carbonyl (C=O) groups excluding carboxylic acids is 2. The zero-order valence-corrected chi connectivity index (χ0v) is 21.4. The molecule has 2 rings (SSSR count). The van der Waals surface area contributed by atoms with E-state index in [0.29, 0.717) is 25.8 Å². The fourth-order valence-electron chi connectivity index (χ4n) is 3.90. The van der Waals surface area contributed by atoms with Gasteiger partial charge in [-0.05, 0) is 56.2 Å². The first-order chi connectivity index (χ1) is 16.1. The third-order valence-electron chi connectivity index (χ3n) is 5.65. The second-order valence-corrected chi connectivity index (χ2v) is 11.2. The van der Waals surface area contributed by atoms with Crippen LogP contribution < -0.4 is 20.7 Å². The molecule has 1 aromatic rings. The highest BCUT2D eigenvalue weighted by molar-refractivity contribution is 7.89. The van der Waals surface area contributed by atoms with Gasteiger partial charge in [-0.3, -0.25) is 4.79 Å². The lowest BCUT2D eigenvalue weighted by molar-refractivity contribution is -0.123. The number of benzene rings is 1. The standard InChI is InChI=1S/C23H36ClFN4O4S/c1-16(2)14-20(29-23(31)28-18-8-4-3-5-9-18)22(30)26-12-6-7-13-27-34(32,33)21-11-10-17(25)15-19(21)24/h10-11,15-16,18,20,27H,3-9,12-14H2,1-2H3,(H,26,30)(H2,28,29,31)/t20-/m0/s1. The maximum Gasteiger partial charge on any atom is 0.315 e. The van der Waals surface area contributed by atoms with E-state index >= 15 is 0 Å². The van der Waals surface area contributed by atoms with Crippen LogP contribution in [0.15, 0.2) is 23.1 Å². The Morgan fingerprint density at radius 3 is 2.44 bits per heavy atom. The molecule has 3 amide bonds. The van der Waals surface area contributed by atoms with E-state index in [2.05, 4.69) is 20.7 Å². The van der Waals surface area contributed by atoms with Gasteiger partial charge in [-0.1, -0.05) is 44.7 Å². The quantitative estimate of drug-likeness (QED) is 0.316. The van der Waals surface area contributed by atoms with Crippen LogP contribution in [0.3, 0.4) is 0 Å².